The normalized spacial score (nSPS) is 31.6. The van der Waals surface area contributed by atoms with Crippen LogP contribution in [0.25, 0.3) is 0 Å². The van der Waals surface area contributed by atoms with E-state index in [1.807, 2.05) is 55.4 Å². The van der Waals surface area contributed by atoms with Crippen LogP contribution in [0, 0.1) is 0 Å². The maximum atomic E-state index is 9.79. The van der Waals surface area contributed by atoms with Crippen molar-refractivity contribution in [1.29, 1.82) is 0 Å². The third kappa shape index (κ3) is 6.58. The molecule has 5 atom stereocenters. The van der Waals surface area contributed by atoms with Gasteiger partial charge in [-0.25, -0.2) is 0 Å². The zero-order valence-electron chi connectivity index (χ0n) is 16.4. The van der Waals surface area contributed by atoms with Crippen molar-refractivity contribution >= 4 is 0 Å². The van der Waals surface area contributed by atoms with E-state index in [0.29, 0.717) is 0 Å². The van der Waals surface area contributed by atoms with Gasteiger partial charge in [-0.05, 0) is 55.4 Å². The molecule has 0 aromatic heterocycles. The lowest BCUT2D eigenvalue weighted by Gasteiger charge is -2.47. The molecule has 1 saturated heterocycles. The molecule has 1 aliphatic rings. The van der Waals surface area contributed by atoms with Gasteiger partial charge in [0.25, 0.3) is 0 Å². The number of hydrogen-bond acceptors (Lipinski definition) is 6. The topological polar surface area (TPSA) is 66.4 Å². The number of ether oxygens (including phenoxy) is 5. The monoisotopic (exact) mass is 348 g/mol. The number of hydrogen-bond donors (Lipinski definition) is 1. The summed E-state index contributed by atoms with van der Waals surface area (Å²) in [5, 5.41) is 9.79. The van der Waals surface area contributed by atoms with Crippen molar-refractivity contribution in [3.8, 4) is 0 Å². The molecule has 6 heteroatoms. The van der Waals surface area contributed by atoms with Crippen molar-refractivity contribution in [2.45, 2.75) is 111 Å². The van der Waals surface area contributed by atoms with E-state index in [-0.39, 0.29) is 37.1 Å². The van der Waals surface area contributed by atoms with Gasteiger partial charge in [-0.2, -0.15) is 0 Å². The van der Waals surface area contributed by atoms with Gasteiger partial charge in [0.2, 0.25) is 0 Å². The molecule has 0 spiro atoms. The van der Waals surface area contributed by atoms with Crippen LogP contribution in [0.5, 0.6) is 0 Å². The van der Waals surface area contributed by atoms with Crippen LogP contribution < -0.4 is 0 Å². The van der Waals surface area contributed by atoms with Crippen molar-refractivity contribution in [2.75, 3.05) is 6.61 Å². The van der Waals surface area contributed by atoms with Gasteiger partial charge in [0.1, 0.15) is 24.4 Å². The molecule has 0 saturated carbocycles. The Bertz CT molecular complexity index is 344. The average molecular weight is 348 g/mol. The van der Waals surface area contributed by atoms with Crippen LogP contribution in [-0.2, 0) is 23.7 Å². The highest BCUT2D eigenvalue weighted by Crippen LogP contribution is 2.31. The SMILES string of the molecule is CC(C)OC1[C@H](OC(C)C)OC(CO)[C@@H](OC(C)C)[C@@H]1OC(C)C. The minimum Gasteiger partial charge on any atom is -0.394 e. The number of rotatable bonds is 9. The maximum absolute atomic E-state index is 9.79. The smallest absolute Gasteiger partial charge is 0.187 e. The highest BCUT2D eigenvalue weighted by atomic mass is 16.7. The fourth-order valence-corrected chi connectivity index (χ4v) is 2.81. The van der Waals surface area contributed by atoms with Crippen molar-refractivity contribution in [3.05, 3.63) is 0 Å². The second-order valence-electron chi connectivity index (χ2n) is 7.36. The largest absolute Gasteiger partial charge is 0.394 e. The van der Waals surface area contributed by atoms with E-state index in [1.165, 1.54) is 0 Å². The first kappa shape index (κ1) is 21.8. The average Bonchev–Trinajstić information content (AvgIpc) is 2.42. The quantitative estimate of drug-likeness (QED) is 0.691. The van der Waals surface area contributed by atoms with Crippen LogP contribution in [0.15, 0.2) is 0 Å². The molecule has 0 aromatic rings. The zero-order valence-corrected chi connectivity index (χ0v) is 16.4. The molecule has 2 unspecified atom stereocenters. The fourth-order valence-electron chi connectivity index (χ4n) is 2.81. The van der Waals surface area contributed by atoms with Crippen molar-refractivity contribution in [2.24, 2.45) is 0 Å². The van der Waals surface area contributed by atoms with E-state index in [4.69, 9.17) is 23.7 Å². The van der Waals surface area contributed by atoms with Crippen LogP contribution in [0.2, 0.25) is 0 Å². The first-order chi connectivity index (χ1) is 11.1. The van der Waals surface area contributed by atoms with E-state index in [1.54, 1.807) is 0 Å². The first-order valence-corrected chi connectivity index (χ1v) is 9.03. The summed E-state index contributed by atoms with van der Waals surface area (Å²) in [5.74, 6) is 0. The molecule has 0 aromatic carbocycles. The minimum atomic E-state index is -0.611. The van der Waals surface area contributed by atoms with Crippen LogP contribution in [0.4, 0.5) is 0 Å². The summed E-state index contributed by atoms with van der Waals surface area (Å²) in [4.78, 5) is 0. The van der Waals surface area contributed by atoms with Crippen LogP contribution in [-0.4, -0.2) is 66.8 Å². The van der Waals surface area contributed by atoms with Gasteiger partial charge in [0.15, 0.2) is 6.29 Å². The van der Waals surface area contributed by atoms with Crippen LogP contribution >= 0.6 is 0 Å². The minimum absolute atomic E-state index is 0.0105. The van der Waals surface area contributed by atoms with E-state index in [0.717, 1.165) is 0 Å². The van der Waals surface area contributed by atoms with Crippen LogP contribution in [0.1, 0.15) is 55.4 Å². The highest BCUT2D eigenvalue weighted by molar-refractivity contribution is 4.93. The highest BCUT2D eigenvalue weighted by Gasteiger charge is 2.49. The Balaban J connectivity index is 3.13. The summed E-state index contributed by atoms with van der Waals surface area (Å²) in [7, 11) is 0. The van der Waals surface area contributed by atoms with Gasteiger partial charge in [0.05, 0.1) is 31.0 Å². The van der Waals surface area contributed by atoms with Gasteiger partial charge in [-0.3, -0.25) is 0 Å². The summed E-state index contributed by atoms with van der Waals surface area (Å²) in [5.41, 5.74) is 0. The second-order valence-corrected chi connectivity index (χ2v) is 7.36. The third-order valence-electron chi connectivity index (χ3n) is 3.47. The Kier molecular flexibility index (Phi) is 9.12. The first-order valence-electron chi connectivity index (χ1n) is 9.03. The molecule has 1 N–H and O–H groups in total. The van der Waals surface area contributed by atoms with Crippen molar-refractivity contribution in [3.63, 3.8) is 0 Å². The molecule has 0 amide bonds. The van der Waals surface area contributed by atoms with E-state index in [2.05, 4.69) is 0 Å². The molecule has 1 fully saturated rings. The van der Waals surface area contributed by atoms with Crippen LogP contribution in [0.3, 0.4) is 0 Å². The summed E-state index contributed by atoms with van der Waals surface area (Å²) in [6.45, 7) is 15.5. The fraction of sp³-hybridized carbons (Fsp3) is 1.00. The van der Waals surface area contributed by atoms with E-state index < -0.39 is 24.6 Å². The van der Waals surface area contributed by atoms with E-state index in [9.17, 15) is 5.11 Å². The molecule has 1 aliphatic heterocycles. The molecule has 6 nitrogen and oxygen atoms in total. The summed E-state index contributed by atoms with van der Waals surface area (Å²) in [6.07, 6.45) is -2.45. The Morgan fingerprint density at radius 1 is 0.667 bits per heavy atom. The molecular weight excluding hydrogens is 312 g/mol. The Morgan fingerprint density at radius 3 is 1.50 bits per heavy atom. The standard InChI is InChI=1S/C18H36O6/c1-10(2)20-15-14(9-19)24-18(23-13(7)8)17(22-12(5)6)16(15)21-11(3)4/h10-19H,9H2,1-8H3/t14?,15-,16+,17?,18-/m1/s1. The molecule has 0 radical (unpaired) electrons. The molecule has 0 aliphatic carbocycles. The summed E-state index contributed by atoms with van der Waals surface area (Å²) in [6, 6.07) is 0. The van der Waals surface area contributed by atoms with Gasteiger partial charge in [-0.15, -0.1) is 0 Å². The van der Waals surface area contributed by atoms with Gasteiger partial charge in [-0.1, -0.05) is 0 Å². The lowest BCUT2D eigenvalue weighted by Crippen LogP contribution is -2.63. The molecule has 0 bridgehead atoms. The molecule has 144 valence electrons. The summed E-state index contributed by atoms with van der Waals surface area (Å²) < 4.78 is 30.1. The Morgan fingerprint density at radius 2 is 1.08 bits per heavy atom. The lowest BCUT2D eigenvalue weighted by atomic mass is 9.97. The predicted molar refractivity (Wildman–Crippen MR) is 92.0 cm³/mol. The third-order valence-corrected chi connectivity index (χ3v) is 3.47. The van der Waals surface area contributed by atoms with Crippen molar-refractivity contribution < 1.29 is 28.8 Å². The predicted octanol–water partition coefficient (Wildman–Crippen LogP) is 2.51. The van der Waals surface area contributed by atoms with Gasteiger partial charge < -0.3 is 28.8 Å². The molecular formula is C18H36O6. The molecule has 24 heavy (non-hydrogen) atoms. The van der Waals surface area contributed by atoms with E-state index >= 15 is 0 Å². The number of aliphatic hydroxyl groups is 1. The van der Waals surface area contributed by atoms with Crippen molar-refractivity contribution in [1.82, 2.24) is 0 Å². The molecule has 1 rings (SSSR count). The Hall–Kier alpha value is -0.240. The lowest BCUT2D eigenvalue weighted by molar-refractivity contribution is -0.338. The van der Waals surface area contributed by atoms with Gasteiger partial charge >= 0.3 is 0 Å². The maximum Gasteiger partial charge on any atom is 0.187 e. The molecule has 1 heterocycles. The Labute approximate surface area is 146 Å². The summed E-state index contributed by atoms with van der Waals surface area (Å²) >= 11 is 0. The second kappa shape index (κ2) is 10.0. The zero-order chi connectivity index (χ0) is 18.4. The number of aliphatic hydroxyl groups excluding tert-OH is 1. The van der Waals surface area contributed by atoms with Gasteiger partial charge in [0, 0.05) is 0 Å².